The van der Waals surface area contributed by atoms with Gasteiger partial charge in [-0.2, -0.15) is 0 Å². The molecule has 7 nitrogen and oxygen atoms in total. The number of aliphatic hydroxyl groups is 1. The number of ether oxygens (including phenoxy) is 1. The summed E-state index contributed by atoms with van der Waals surface area (Å²) in [6, 6.07) is 16.6. The topological polar surface area (TPSA) is 106 Å². The summed E-state index contributed by atoms with van der Waals surface area (Å²) in [4.78, 5) is 31.8. The zero-order chi connectivity index (χ0) is 25.2. The molecule has 1 aliphatic rings. The van der Waals surface area contributed by atoms with Gasteiger partial charge in [0.25, 0.3) is 0 Å². The molecule has 0 saturated carbocycles. The predicted octanol–water partition coefficient (Wildman–Crippen LogP) is 3.48. The van der Waals surface area contributed by atoms with E-state index in [1.54, 1.807) is 4.90 Å². The number of para-hydroxylation sites is 1. The van der Waals surface area contributed by atoms with Crippen molar-refractivity contribution >= 4 is 22.6 Å². The second-order valence-electron chi connectivity index (χ2n) is 9.74. The van der Waals surface area contributed by atoms with Gasteiger partial charge in [0.1, 0.15) is 24.5 Å². The molecule has 1 saturated heterocycles. The van der Waals surface area contributed by atoms with Crippen LogP contribution < -0.4 is 10.5 Å². The fourth-order valence-electron chi connectivity index (χ4n) is 4.84. The van der Waals surface area contributed by atoms with Crippen molar-refractivity contribution in [2.45, 2.75) is 51.8 Å². The molecule has 184 valence electrons. The Bertz CT molecular complexity index is 1220. The summed E-state index contributed by atoms with van der Waals surface area (Å²) in [5.41, 5.74) is 9.01. The molecule has 0 unspecified atom stereocenters. The number of fused-ring (bicyclic) bond motifs is 1. The maximum absolute atomic E-state index is 13.4. The molecule has 4 rings (SSSR count). The van der Waals surface area contributed by atoms with Gasteiger partial charge in [-0.05, 0) is 55.5 Å². The van der Waals surface area contributed by atoms with Crippen molar-refractivity contribution in [1.29, 1.82) is 0 Å². The van der Waals surface area contributed by atoms with Gasteiger partial charge in [-0.25, -0.2) is 0 Å². The number of carbonyl (C=O) groups is 2. The predicted molar refractivity (Wildman–Crippen MR) is 135 cm³/mol. The van der Waals surface area contributed by atoms with Crippen LogP contribution in [0.25, 0.3) is 10.9 Å². The number of aliphatic hydroxyl groups excluding tert-OH is 1. The summed E-state index contributed by atoms with van der Waals surface area (Å²) < 4.78 is 6.05. The Morgan fingerprint density at radius 3 is 2.60 bits per heavy atom. The molecule has 35 heavy (non-hydrogen) atoms. The summed E-state index contributed by atoms with van der Waals surface area (Å²) >= 11 is 0. The molecule has 1 amide bonds. The average Bonchev–Trinajstić information content (AvgIpc) is 3.15. The van der Waals surface area contributed by atoms with Crippen molar-refractivity contribution in [3.63, 3.8) is 0 Å². The lowest BCUT2D eigenvalue weighted by Gasteiger charge is -2.30. The molecule has 3 N–H and O–H groups in total. The van der Waals surface area contributed by atoms with E-state index in [0.717, 1.165) is 22.2 Å². The maximum Gasteiger partial charge on any atom is 0.247 e. The lowest BCUT2D eigenvalue weighted by Crippen LogP contribution is -2.50. The quantitative estimate of drug-likeness (QED) is 0.491. The second-order valence-corrected chi connectivity index (χ2v) is 9.74. The first-order valence-corrected chi connectivity index (χ1v) is 12.0. The van der Waals surface area contributed by atoms with Gasteiger partial charge in [-0.1, -0.05) is 44.2 Å². The van der Waals surface area contributed by atoms with E-state index < -0.39 is 18.2 Å². The number of ketones is 1. The number of Topliss-reactive ketones (excluding diaryl/α,β-unsaturated/α-hetero) is 1. The van der Waals surface area contributed by atoms with E-state index in [0.29, 0.717) is 37.3 Å². The molecule has 2 aromatic carbocycles. The minimum absolute atomic E-state index is 0.203. The molecule has 7 heteroatoms. The molecule has 1 fully saturated rings. The molecule has 2 heterocycles. The lowest BCUT2D eigenvalue weighted by atomic mass is 9.89. The molecule has 1 aromatic heterocycles. The normalized spacial score (nSPS) is 18.9. The molecule has 2 atom stereocenters. The van der Waals surface area contributed by atoms with Crippen LogP contribution in [0, 0.1) is 12.8 Å². The molecule has 0 bridgehead atoms. The number of hydrogen-bond acceptors (Lipinski definition) is 6. The third-order valence-corrected chi connectivity index (χ3v) is 6.68. The van der Waals surface area contributed by atoms with E-state index >= 15 is 0 Å². The van der Waals surface area contributed by atoms with Gasteiger partial charge in [-0.3, -0.25) is 14.6 Å². The SMILES string of the molecule is Cc1cc(COc2ccc([C@]3(N)CCN([C@H](CC(C)C)C(=O)CO)C3=O)cc2)c2ccccc2n1. The third kappa shape index (κ3) is 5.06. The van der Waals surface area contributed by atoms with Gasteiger partial charge < -0.3 is 20.5 Å². The largest absolute Gasteiger partial charge is 0.489 e. The molecule has 3 aromatic rings. The highest BCUT2D eigenvalue weighted by molar-refractivity contribution is 5.95. The van der Waals surface area contributed by atoms with Crippen LogP contribution in [0.2, 0.25) is 0 Å². The number of benzene rings is 2. The molecule has 0 spiro atoms. The summed E-state index contributed by atoms with van der Waals surface area (Å²) in [6.45, 7) is 6.13. The van der Waals surface area contributed by atoms with Gasteiger partial charge in [0.15, 0.2) is 5.78 Å². The molecular weight excluding hydrogens is 442 g/mol. The van der Waals surface area contributed by atoms with Gasteiger partial charge in [0, 0.05) is 23.2 Å². The first-order valence-electron chi connectivity index (χ1n) is 12.0. The van der Waals surface area contributed by atoms with Crippen molar-refractivity contribution in [2.75, 3.05) is 13.2 Å². The van der Waals surface area contributed by atoms with Crippen LogP contribution in [-0.4, -0.2) is 45.9 Å². The highest BCUT2D eigenvalue weighted by Crippen LogP contribution is 2.34. The number of hydrogen-bond donors (Lipinski definition) is 2. The van der Waals surface area contributed by atoms with Crippen molar-refractivity contribution < 1.29 is 19.4 Å². The number of carbonyl (C=O) groups excluding carboxylic acids is 2. The summed E-state index contributed by atoms with van der Waals surface area (Å²) in [5.74, 6) is 0.247. The lowest BCUT2D eigenvalue weighted by molar-refractivity contribution is -0.141. The van der Waals surface area contributed by atoms with Crippen LogP contribution in [0.5, 0.6) is 5.75 Å². The van der Waals surface area contributed by atoms with Crippen LogP contribution >= 0.6 is 0 Å². The zero-order valence-corrected chi connectivity index (χ0v) is 20.5. The summed E-state index contributed by atoms with van der Waals surface area (Å²) in [5, 5.41) is 10.5. The van der Waals surface area contributed by atoms with Crippen molar-refractivity contribution in [1.82, 2.24) is 9.88 Å². The standard InChI is InChI=1S/C28H33N3O4/c1-18(2)14-25(26(33)16-32)31-13-12-28(29,27(31)34)21-8-10-22(11-9-21)35-17-20-15-19(3)30-24-7-5-4-6-23(20)24/h4-11,15,18,25,32H,12-14,16-17,29H2,1-3H3/t25-,28-/m1/s1. The minimum Gasteiger partial charge on any atom is -0.489 e. The Morgan fingerprint density at radius 1 is 1.20 bits per heavy atom. The van der Waals surface area contributed by atoms with E-state index in [9.17, 15) is 14.7 Å². The van der Waals surface area contributed by atoms with Crippen LogP contribution in [0.3, 0.4) is 0 Å². The van der Waals surface area contributed by atoms with Crippen molar-refractivity contribution in [2.24, 2.45) is 11.7 Å². The Labute approximate surface area is 205 Å². The summed E-state index contributed by atoms with van der Waals surface area (Å²) in [7, 11) is 0. The molecule has 0 radical (unpaired) electrons. The number of nitrogens with two attached hydrogens (primary N) is 1. The Kier molecular flexibility index (Phi) is 7.19. The maximum atomic E-state index is 13.4. The van der Waals surface area contributed by atoms with E-state index in [1.165, 1.54) is 0 Å². The van der Waals surface area contributed by atoms with E-state index in [2.05, 4.69) is 4.98 Å². The number of pyridine rings is 1. The monoisotopic (exact) mass is 475 g/mol. The van der Waals surface area contributed by atoms with Crippen LogP contribution in [0.1, 0.15) is 43.5 Å². The zero-order valence-electron chi connectivity index (χ0n) is 20.5. The fraction of sp³-hybridized carbons (Fsp3) is 0.393. The first-order chi connectivity index (χ1) is 16.7. The van der Waals surface area contributed by atoms with Gasteiger partial charge in [-0.15, -0.1) is 0 Å². The molecular formula is C28H33N3O4. The fourth-order valence-corrected chi connectivity index (χ4v) is 4.84. The highest BCUT2D eigenvalue weighted by atomic mass is 16.5. The summed E-state index contributed by atoms with van der Waals surface area (Å²) in [6.07, 6.45) is 0.902. The van der Waals surface area contributed by atoms with Crippen LogP contribution in [-0.2, 0) is 21.7 Å². The van der Waals surface area contributed by atoms with Gasteiger partial charge in [0.2, 0.25) is 5.91 Å². The number of amides is 1. The highest BCUT2D eigenvalue weighted by Gasteiger charge is 2.48. The number of aromatic nitrogens is 1. The third-order valence-electron chi connectivity index (χ3n) is 6.68. The van der Waals surface area contributed by atoms with Crippen molar-refractivity contribution in [3.05, 3.63) is 71.4 Å². The Balaban J connectivity index is 1.49. The van der Waals surface area contributed by atoms with Crippen LogP contribution in [0.15, 0.2) is 54.6 Å². The molecule has 1 aliphatic heterocycles. The number of nitrogens with zero attached hydrogens (tertiary/aromatic N) is 2. The minimum atomic E-state index is -1.21. The number of rotatable bonds is 9. The average molecular weight is 476 g/mol. The van der Waals surface area contributed by atoms with E-state index in [4.69, 9.17) is 10.5 Å². The second kappa shape index (κ2) is 10.1. The Hall–Kier alpha value is -3.29. The molecule has 0 aliphatic carbocycles. The van der Waals surface area contributed by atoms with E-state index in [1.807, 2.05) is 75.4 Å². The van der Waals surface area contributed by atoms with E-state index in [-0.39, 0.29) is 17.6 Å². The van der Waals surface area contributed by atoms with Crippen molar-refractivity contribution in [3.8, 4) is 5.75 Å². The first kappa shape index (κ1) is 24.8. The van der Waals surface area contributed by atoms with Gasteiger partial charge >= 0.3 is 0 Å². The van der Waals surface area contributed by atoms with Gasteiger partial charge in [0.05, 0.1) is 11.6 Å². The number of aryl methyl sites for hydroxylation is 1. The Morgan fingerprint density at radius 2 is 1.91 bits per heavy atom. The smallest absolute Gasteiger partial charge is 0.247 e. The number of likely N-dealkylation sites (tertiary alicyclic amines) is 1. The van der Waals surface area contributed by atoms with Crippen LogP contribution in [0.4, 0.5) is 0 Å².